The van der Waals surface area contributed by atoms with Gasteiger partial charge in [0, 0.05) is 34.9 Å². The van der Waals surface area contributed by atoms with Gasteiger partial charge in [0.2, 0.25) is 5.91 Å². The lowest BCUT2D eigenvalue weighted by Gasteiger charge is -2.13. The summed E-state index contributed by atoms with van der Waals surface area (Å²) in [5, 5.41) is 3.15. The first-order valence-electron chi connectivity index (χ1n) is 8.92. The van der Waals surface area contributed by atoms with Crippen molar-refractivity contribution < 1.29 is 9.18 Å². The van der Waals surface area contributed by atoms with Gasteiger partial charge in [0.05, 0.1) is 0 Å². The predicted octanol–water partition coefficient (Wildman–Crippen LogP) is 4.38. The van der Waals surface area contributed by atoms with Crippen molar-refractivity contribution in [1.29, 1.82) is 0 Å². The molecule has 0 aliphatic heterocycles. The maximum absolute atomic E-state index is 13.9. The lowest BCUT2D eigenvalue weighted by Crippen LogP contribution is -2.19. The van der Waals surface area contributed by atoms with Gasteiger partial charge in [-0.2, -0.15) is 0 Å². The number of carbonyl (C=O) groups excluding carboxylic acids is 1. The van der Waals surface area contributed by atoms with Crippen molar-refractivity contribution in [1.82, 2.24) is 9.97 Å². The quantitative estimate of drug-likeness (QED) is 0.512. The van der Waals surface area contributed by atoms with Crippen molar-refractivity contribution in [2.75, 3.05) is 5.32 Å². The molecule has 4 aromatic rings. The Morgan fingerprint density at radius 3 is 2.66 bits per heavy atom. The van der Waals surface area contributed by atoms with Gasteiger partial charge in [-0.25, -0.2) is 4.39 Å². The van der Waals surface area contributed by atoms with Crippen LogP contribution in [0.3, 0.4) is 0 Å². The molecule has 142 valence electrons. The molecule has 2 aromatic carbocycles. The number of amides is 1. The van der Waals surface area contributed by atoms with Crippen molar-refractivity contribution in [3.05, 3.63) is 101 Å². The summed E-state index contributed by atoms with van der Waals surface area (Å²) in [6.45, 7) is 0. The summed E-state index contributed by atoms with van der Waals surface area (Å²) in [6.07, 6.45) is 6.17. The van der Waals surface area contributed by atoms with E-state index in [1.807, 2.05) is 18.2 Å². The Kier molecular flexibility index (Phi) is 4.99. The van der Waals surface area contributed by atoms with E-state index in [2.05, 4.69) is 15.3 Å². The molecule has 2 heterocycles. The predicted molar refractivity (Wildman–Crippen MR) is 112 cm³/mol. The van der Waals surface area contributed by atoms with Crippen LogP contribution in [0.5, 0.6) is 0 Å². The second kappa shape index (κ2) is 7.90. The van der Waals surface area contributed by atoms with Crippen LogP contribution < -0.4 is 10.9 Å². The first-order valence-corrected chi connectivity index (χ1v) is 8.92. The van der Waals surface area contributed by atoms with Crippen LogP contribution in [0.2, 0.25) is 0 Å². The minimum atomic E-state index is -0.479. The monoisotopic (exact) mass is 385 g/mol. The molecule has 0 unspecified atom stereocenters. The third-order valence-corrected chi connectivity index (χ3v) is 4.40. The standard InChI is InChI=1S/C23H16FN3O2/c24-17-9-10-19-18(13-17)21(16-6-2-1-3-7-16)22(23(29)26-19)27-20(28)11-8-15-5-4-12-25-14-15/h1-14H,(H,26,29)(H,27,28)/b11-8+. The molecular formula is C23H16FN3O2. The summed E-state index contributed by atoms with van der Waals surface area (Å²) >= 11 is 0. The Morgan fingerprint density at radius 1 is 1.07 bits per heavy atom. The molecule has 0 radical (unpaired) electrons. The van der Waals surface area contributed by atoms with Crippen LogP contribution in [0.25, 0.3) is 28.1 Å². The minimum Gasteiger partial charge on any atom is -0.320 e. The van der Waals surface area contributed by atoms with E-state index in [-0.39, 0.29) is 5.69 Å². The van der Waals surface area contributed by atoms with Crippen molar-refractivity contribution >= 4 is 28.6 Å². The molecule has 0 saturated heterocycles. The highest BCUT2D eigenvalue weighted by Gasteiger charge is 2.16. The number of nitrogens with one attached hydrogen (secondary N) is 2. The van der Waals surface area contributed by atoms with Gasteiger partial charge in [0.15, 0.2) is 0 Å². The number of aromatic amines is 1. The highest BCUT2D eigenvalue weighted by molar-refractivity contribution is 6.08. The van der Waals surface area contributed by atoms with Crippen LogP contribution in [0.4, 0.5) is 10.1 Å². The summed E-state index contributed by atoms with van der Waals surface area (Å²) in [5.74, 6) is -0.914. The molecule has 0 atom stereocenters. The van der Waals surface area contributed by atoms with Gasteiger partial charge < -0.3 is 10.3 Å². The second-order valence-corrected chi connectivity index (χ2v) is 6.37. The molecule has 1 amide bonds. The van der Waals surface area contributed by atoms with Gasteiger partial charge >= 0.3 is 0 Å². The molecule has 2 N–H and O–H groups in total. The molecule has 2 aromatic heterocycles. The average molecular weight is 385 g/mol. The van der Waals surface area contributed by atoms with Crippen LogP contribution in [0.1, 0.15) is 5.56 Å². The maximum atomic E-state index is 13.9. The van der Waals surface area contributed by atoms with Crippen molar-refractivity contribution in [3.63, 3.8) is 0 Å². The number of fused-ring (bicyclic) bond motifs is 1. The van der Waals surface area contributed by atoms with Crippen LogP contribution in [-0.2, 0) is 4.79 Å². The van der Waals surface area contributed by atoms with Crippen molar-refractivity contribution in [3.8, 4) is 11.1 Å². The average Bonchev–Trinajstić information content (AvgIpc) is 2.74. The van der Waals surface area contributed by atoms with Crippen LogP contribution in [0, 0.1) is 5.82 Å². The topological polar surface area (TPSA) is 74.8 Å². The van der Waals surface area contributed by atoms with Crippen LogP contribution >= 0.6 is 0 Å². The number of aromatic nitrogens is 2. The Hall–Kier alpha value is -4.06. The number of hydrogen-bond donors (Lipinski definition) is 2. The number of H-pyrrole nitrogens is 1. The van der Waals surface area contributed by atoms with Gasteiger partial charge in [-0.1, -0.05) is 36.4 Å². The van der Waals surface area contributed by atoms with Crippen LogP contribution in [-0.4, -0.2) is 15.9 Å². The maximum Gasteiger partial charge on any atom is 0.272 e. The summed E-state index contributed by atoms with van der Waals surface area (Å²) in [5.41, 5.74) is 1.99. The SMILES string of the molecule is O=C(/C=C/c1cccnc1)Nc1c(-c2ccccc2)c2cc(F)ccc2[nH]c1=O. The number of halogens is 1. The zero-order chi connectivity index (χ0) is 20.2. The molecule has 5 nitrogen and oxygen atoms in total. The van der Waals surface area contributed by atoms with Crippen LogP contribution in [0.15, 0.2) is 83.9 Å². The summed E-state index contributed by atoms with van der Waals surface area (Å²) in [7, 11) is 0. The molecule has 0 aliphatic carbocycles. The minimum absolute atomic E-state index is 0.0649. The molecule has 6 heteroatoms. The van der Waals surface area contributed by atoms with Gasteiger partial charge in [0.1, 0.15) is 11.5 Å². The highest BCUT2D eigenvalue weighted by Crippen LogP contribution is 2.32. The van der Waals surface area contributed by atoms with E-state index in [9.17, 15) is 14.0 Å². The Balaban J connectivity index is 1.81. The fraction of sp³-hybridized carbons (Fsp3) is 0. The molecule has 0 saturated carbocycles. The number of pyridine rings is 2. The number of rotatable bonds is 4. The lowest BCUT2D eigenvalue weighted by molar-refractivity contribution is -0.111. The lowest BCUT2D eigenvalue weighted by atomic mass is 9.99. The van der Waals surface area contributed by atoms with Crippen molar-refractivity contribution in [2.24, 2.45) is 0 Å². The van der Waals surface area contributed by atoms with E-state index in [4.69, 9.17) is 0 Å². The van der Waals surface area contributed by atoms with Gasteiger partial charge in [0.25, 0.3) is 5.56 Å². The first kappa shape index (κ1) is 18.3. The molecule has 0 spiro atoms. The number of anilines is 1. The largest absolute Gasteiger partial charge is 0.320 e. The third-order valence-electron chi connectivity index (χ3n) is 4.40. The summed E-state index contributed by atoms with van der Waals surface area (Å²) in [6, 6.07) is 16.8. The normalized spacial score (nSPS) is 11.1. The van der Waals surface area contributed by atoms with E-state index >= 15 is 0 Å². The molecule has 0 fully saturated rings. The number of benzene rings is 2. The van der Waals surface area contributed by atoms with Gasteiger partial charge in [-0.3, -0.25) is 14.6 Å². The third kappa shape index (κ3) is 3.96. The zero-order valence-electron chi connectivity index (χ0n) is 15.2. The summed E-state index contributed by atoms with van der Waals surface area (Å²) < 4.78 is 13.9. The van der Waals surface area contributed by atoms with Crippen molar-refractivity contribution in [2.45, 2.75) is 0 Å². The summed E-state index contributed by atoms with van der Waals surface area (Å²) in [4.78, 5) is 31.9. The Bertz CT molecular complexity index is 1270. The Morgan fingerprint density at radius 2 is 1.90 bits per heavy atom. The smallest absolute Gasteiger partial charge is 0.272 e. The van der Waals surface area contributed by atoms with Gasteiger partial charge in [-0.05, 0) is 41.5 Å². The second-order valence-electron chi connectivity index (χ2n) is 6.37. The van der Waals surface area contributed by atoms with E-state index < -0.39 is 17.3 Å². The first-order chi connectivity index (χ1) is 14.1. The van der Waals surface area contributed by atoms with E-state index in [0.29, 0.717) is 22.0 Å². The molecule has 0 bridgehead atoms. The number of hydrogen-bond acceptors (Lipinski definition) is 3. The van der Waals surface area contributed by atoms with E-state index in [1.54, 1.807) is 42.7 Å². The molecule has 4 rings (SSSR count). The van der Waals surface area contributed by atoms with Gasteiger partial charge in [-0.15, -0.1) is 0 Å². The molecule has 0 aliphatic rings. The molecule has 29 heavy (non-hydrogen) atoms. The van der Waals surface area contributed by atoms with E-state index in [0.717, 1.165) is 5.56 Å². The zero-order valence-corrected chi connectivity index (χ0v) is 15.2. The Labute approximate surface area is 165 Å². The van der Waals surface area contributed by atoms with E-state index in [1.165, 1.54) is 24.3 Å². The molecular weight excluding hydrogens is 369 g/mol. The highest BCUT2D eigenvalue weighted by atomic mass is 19.1. The number of nitrogens with zero attached hydrogens (tertiary/aromatic N) is 1. The fourth-order valence-corrected chi connectivity index (χ4v) is 3.10. The fourth-order valence-electron chi connectivity index (χ4n) is 3.10. The number of carbonyl (C=O) groups is 1.